The third-order valence-electron chi connectivity index (χ3n) is 2.79. The number of methoxy groups -OCH3 is 3. The Hall–Kier alpha value is -1.62. The summed E-state index contributed by atoms with van der Waals surface area (Å²) < 4.78 is 15.9. The van der Waals surface area contributed by atoms with Gasteiger partial charge in [-0.3, -0.25) is 0 Å². The van der Waals surface area contributed by atoms with Gasteiger partial charge in [0.2, 0.25) is 5.75 Å². The standard InChI is InChI=1S/C13H22N2O3/c1-14-6-7-15(2)10-8-11(16-3)13(18-5)12(9-10)17-4/h8-9,14H,6-7H2,1-5H3. The summed E-state index contributed by atoms with van der Waals surface area (Å²) in [5.41, 5.74) is 1.03. The van der Waals surface area contributed by atoms with Gasteiger partial charge in [0.05, 0.1) is 21.3 Å². The van der Waals surface area contributed by atoms with E-state index in [9.17, 15) is 0 Å². The monoisotopic (exact) mass is 254 g/mol. The van der Waals surface area contributed by atoms with Gasteiger partial charge in [-0.05, 0) is 7.05 Å². The Balaban J connectivity index is 3.06. The predicted octanol–water partition coefficient (Wildman–Crippen LogP) is 1.37. The zero-order valence-corrected chi connectivity index (χ0v) is 11.7. The molecule has 0 saturated carbocycles. The molecular formula is C13H22N2O3. The highest BCUT2D eigenvalue weighted by Crippen LogP contribution is 2.40. The van der Waals surface area contributed by atoms with Crippen LogP contribution in [-0.4, -0.2) is 48.5 Å². The lowest BCUT2D eigenvalue weighted by Crippen LogP contribution is -2.27. The van der Waals surface area contributed by atoms with Gasteiger partial charge in [0.25, 0.3) is 0 Å². The van der Waals surface area contributed by atoms with E-state index >= 15 is 0 Å². The van der Waals surface area contributed by atoms with Crippen molar-refractivity contribution in [3.8, 4) is 17.2 Å². The van der Waals surface area contributed by atoms with Gasteiger partial charge in [0, 0.05) is 38.0 Å². The predicted molar refractivity (Wildman–Crippen MR) is 73.3 cm³/mol. The van der Waals surface area contributed by atoms with E-state index in [-0.39, 0.29) is 0 Å². The molecule has 0 aliphatic heterocycles. The minimum atomic E-state index is 0.616. The van der Waals surface area contributed by atoms with Crippen LogP contribution in [0.3, 0.4) is 0 Å². The summed E-state index contributed by atoms with van der Waals surface area (Å²) in [6, 6.07) is 3.88. The van der Waals surface area contributed by atoms with Gasteiger partial charge in [-0.15, -0.1) is 0 Å². The largest absolute Gasteiger partial charge is 0.493 e. The SMILES string of the molecule is CNCCN(C)c1cc(OC)c(OC)c(OC)c1. The van der Waals surface area contributed by atoms with Crippen molar-refractivity contribution in [2.75, 3.05) is 53.4 Å². The maximum absolute atomic E-state index is 5.33. The van der Waals surface area contributed by atoms with Crippen LogP contribution in [-0.2, 0) is 0 Å². The maximum atomic E-state index is 5.33. The van der Waals surface area contributed by atoms with Crippen molar-refractivity contribution in [2.24, 2.45) is 0 Å². The number of hydrogen-bond acceptors (Lipinski definition) is 5. The Morgan fingerprint density at radius 2 is 1.61 bits per heavy atom. The molecule has 1 rings (SSSR count). The van der Waals surface area contributed by atoms with Gasteiger partial charge >= 0.3 is 0 Å². The van der Waals surface area contributed by atoms with Gasteiger partial charge in [-0.1, -0.05) is 0 Å². The normalized spacial score (nSPS) is 10.1. The fraction of sp³-hybridized carbons (Fsp3) is 0.538. The molecule has 18 heavy (non-hydrogen) atoms. The Morgan fingerprint density at radius 1 is 1.06 bits per heavy atom. The van der Waals surface area contributed by atoms with Crippen LogP contribution in [0.2, 0.25) is 0 Å². The van der Waals surface area contributed by atoms with E-state index in [0.29, 0.717) is 17.2 Å². The Labute approximate surface area is 109 Å². The molecule has 0 amide bonds. The number of nitrogens with zero attached hydrogens (tertiary/aromatic N) is 1. The fourth-order valence-electron chi connectivity index (χ4n) is 1.70. The molecule has 1 aromatic carbocycles. The number of ether oxygens (including phenoxy) is 3. The van der Waals surface area contributed by atoms with Gasteiger partial charge in [0.1, 0.15) is 0 Å². The molecule has 0 bridgehead atoms. The Kier molecular flexibility index (Phi) is 5.58. The van der Waals surface area contributed by atoms with E-state index in [4.69, 9.17) is 14.2 Å². The van der Waals surface area contributed by atoms with Crippen molar-refractivity contribution in [1.82, 2.24) is 5.32 Å². The number of benzene rings is 1. The molecule has 0 spiro atoms. The zero-order chi connectivity index (χ0) is 13.5. The Bertz CT molecular complexity index is 357. The van der Waals surface area contributed by atoms with Crippen LogP contribution >= 0.6 is 0 Å². The molecule has 0 saturated heterocycles. The molecule has 0 heterocycles. The van der Waals surface area contributed by atoms with E-state index in [0.717, 1.165) is 18.8 Å². The van der Waals surface area contributed by atoms with Gasteiger partial charge in [-0.2, -0.15) is 0 Å². The summed E-state index contributed by atoms with van der Waals surface area (Å²) in [5.74, 6) is 1.96. The van der Waals surface area contributed by atoms with Crippen molar-refractivity contribution in [3.63, 3.8) is 0 Å². The molecule has 0 atom stereocenters. The second kappa shape index (κ2) is 6.96. The van der Waals surface area contributed by atoms with Gasteiger partial charge < -0.3 is 24.4 Å². The van der Waals surface area contributed by atoms with Crippen LogP contribution < -0.4 is 24.4 Å². The molecule has 0 aliphatic carbocycles. The Morgan fingerprint density at radius 3 is 2.00 bits per heavy atom. The lowest BCUT2D eigenvalue weighted by Gasteiger charge is -2.22. The number of rotatable bonds is 7. The minimum Gasteiger partial charge on any atom is -0.493 e. The molecule has 0 radical (unpaired) electrons. The summed E-state index contributed by atoms with van der Waals surface area (Å²) in [6.07, 6.45) is 0. The maximum Gasteiger partial charge on any atom is 0.203 e. The molecule has 1 N–H and O–H groups in total. The lowest BCUT2D eigenvalue weighted by molar-refractivity contribution is 0.324. The van der Waals surface area contributed by atoms with E-state index in [1.807, 2.05) is 26.2 Å². The molecule has 1 aromatic rings. The first-order chi connectivity index (χ1) is 8.67. The van der Waals surface area contributed by atoms with Crippen molar-refractivity contribution >= 4 is 5.69 Å². The quantitative estimate of drug-likeness (QED) is 0.796. The lowest BCUT2D eigenvalue weighted by atomic mass is 10.2. The average molecular weight is 254 g/mol. The van der Waals surface area contributed by atoms with Crippen LogP contribution in [0, 0.1) is 0 Å². The first-order valence-corrected chi connectivity index (χ1v) is 5.83. The molecule has 0 aliphatic rings. The first kappa shape index (κ1) is 14.4. The molecule has 102 valence electrons. The number of hydrogen-bond donors (Lipinski definition) is 1. The summed E-state index contributed by atoms with van der Waals surface area (Å²) >= 11 is 0. The topological polar surface area (TPSA) is 43.0 Å². The van der Waals surface area contributed by atoms with Gasteiger partial charge in [0.15, 0.2) is 11.5 Å². The number of anilines is 1. The van der Waals surface area contributed by atoms with Crippen LogP contribution in [0.1, 0.15) is 0 Å². The molecule has 0 fully saturated rings. The van der Waals surface area contributed by atoms with Crippen molar-refractivity contribution in [1.29, 1.82) is 0 Å². The second-order valence-electron chi connectivity index (χ2n) is 3.91. The van der Waals surface area contributed by atoms with E-state index in [1.165, 1.54) is 0 Å². The molecule has 5 nitrogen and oxygen atoms in total. The average Bonchev–Trinajstić information content (AvgIpc) is 2.42. The van der Waals surface area contributed by atoms with Gasteiger partial charge in [-0.25, -0.2) is 0 Å². The first-order valence-electron chi connectivity index (χ1n) is 5.83. The fourth-order valence-corrected chi connectivity index (χ4v) is 1.70. The molecule has 0 unspecified atom stereocenters. The minimum absolute atomic E-state index is 0.616. The highest BCUT2D eigenvalue weighted by atomic mass is 16.5. The number of nitrogens with one attached hydrogen (secondary N) is 1. The van der Waals surface area contributed by atoms with E-state index in [2.05, 4.69) is 10.2 Å². The van der Waals surface area contributed by atoms with E-state index in [1.54, 1.807) is 21.3 Å². The summed E-state index contributed by atoms with van der Waals surface area (Å²) in [4.78, 5) is 2.13. The summed E-state index contributed by atoms with van der Waals surface area (Å²) in [7, 11) is 8.80. The molecule has 5 heteroatoms. The van der Waals surface area contributed by atoms with Crippen LogP contribution in [0.15, 0.2) is 12.1 Å². The summed E-state index contributed by atoms with van der Waals surface area (Å²) in [5, 5.41) is 3.12. The van der Waals surface area contributed by atoms with Crippen LogP contribution in [0.4, 0.5) is 5.69 Å². The third kappa shape index (κ3) is 3.20. The third-order valence-corrected chi connectivity index (χ3v) is 2.79. The number of likely N-dealkylation sites (N-methyl/N-ethyl adjacent to an activating group) is 2. The van der Waals surface area contributed by atoms with Crippen LogP contribution in [0.5, 0.6) is 17.2 Å². The van der Waals surface area contributed by atoms with Crippen LogP contribution in [0.25, 0.3) is 0 Å². The van der Waals surface area contributed by atoms with Crippen molar-refractivity contribution in [3.05, 3.63) is 12.1 Å². The van der Waals surface area contributed by atoms with Crippen molar-refractivity contribution < 1.29 is 14.2 Å². The van der Waals surface area contributed by atoms with E-state index < -0.39 is 0 Å². The smallest absolute Gasteiger partial charge is 0.203 e. The highest BCUT2D eigenvalue weighted by Gasteiger charge is 2.14. The summed E-state index contributed by atoms with van der Waals surface area (Å²) in [6.45, 7) is 1.81. The highest BCUT2D eigenvalue weighted by molar-refractivity contribution is 5.63. The second-order valence-corrected chi connectivity index (χ2v) is 3.91. The zero-order valence-electron chi connectivity index (χ0n) is 11.7. The van der Waals surface area contributed by atoms with Crippen molar-refractivity contribution in [2.45, 2.75) is 0 Å². The molecule has 0 aromatic heterocycles. The molecular weight excluding hydrogens is 232 g/mol.